The Morgan fingerprint density at radius 2 is 2.29 bits per heavy atom. The third-order valence-corrected chi connectivity index (χ3v) is 3.21. The van der Waals surface area contributed by atoms with Gasteiger partial charge in [-0.3, -0.25) is 0 Å². The molecule has 76 valence electrons. The summed E-state index contributed by atoms with van der Waals surface area (Å²) >= 11 is 6.02. The Balaban J connectivity index is 2.24. The molecule has 1 N–H and O–H groups in total. The lowest BCUT2D eigenvalue weighted by atomic mass is 9.89. The van der Waals surface area contributed by atoms with Crippen molar-refractivity contribution in [1.29, 1.82) is 0 Å². The van der Waals surface area contributed by atoms with E-state index in [1.54, 1.807) is 0 Å². The monoisotopic (exact) mass is 209 g/mol. The highest BCUT2D eigenvalue weighted by Crippen LogP contribution is 2.28. The van der Waals surface area contributed by atoms with Gasteiger partial charge < -0.3 is 5.32 Å². The number of rotatable bonds is 1. The lowest BCUT2D eigenvalue weighted by molar-refractivity contribution is 0.460. The fraction of sp³-hybridized carbons (Fsp3) is 0.500. The summed E-state index contributed by atoms with van der Waals surface area (Å²) in [6.45, 7) is 4.43. The van der Waals surface area contributed by atoms with Crippen molar-refractivity contribution in [2.24, 2.45) is 0 Å². The molecule has 14 heavy (non-hydrogen) atoms. The fourth-order valence-electron chi connectivity index (χ4n) is 2.17. The van der Waals surface area contributed by atoms with E-state index in [-0.39, 0.29) is 0 Å². The van der Waals surface area contributed by atoms with Crippen molar-refractivity contribution in [2.45, 2.75) is 25.7 Å². The van der Waals surface area contributed by atoms with Gasteiger partial charge in [0.1, 0.15) is 0 Å². The summed E-state index contributed by atoms with van der Waals surface area (Å²) in [7, 11) is 0. The van der Waals surface area contributed by atoms with Crippen LogP contribution in [0.1, 0.15) is 29.9 Å². The summed E-state index contributed by atoms with van der Waals surface area (Å²) in [6, 6.07) is 6.21. The Kier molecular flexibility index (Phi) is 3.09. The number of nitrogens with one attached hydrogen (secondary N) is 1. The maximum Gasteiger partial charge on any atom is 0.0409 e. The molecule has 1 atom stereocenters. The first-order valence-corrected chi connectivity index (χ1v) is 5.62. The SMILES string of the molecule is Cc1ccc(Cl)cc1C1CCCNC1. The first kappa shape index (κ1) is 10.0. The van der Waals surface area contributed by atoms with Gasteiger partial charge in [0.25, 0.3) is 0 Å². The molecule has 0 amide bonds. The van der Waals surface area contributed by atoms with E-state index < -0.39 is 0 Å². The molecular formula is C12H16ClN. The van der Waals surface area contributed by atoms with E-state index in [0.29, 0.717) is 5.92 Å². The summed E-state index contributed by atoms with van der Waals surface area (Å²) < 4.78 is 0. The first-order chi connectivity index (χ1) is 6.77. The van der Waals surface area contributed by atoms with Gasteiger partial charge >= 0.3 is 0 Å². The number of halogens is 1. The van der Waals surface area contributed by atoms with Crippen LogP contribution < -0.4 is 5.32 Å². The largest absolute Gasteiger partial charge is 0.316 e. The molecule has 0 bridgehead atoms. The predicted octanol–water partition coefficient (Wildman–Crippen LogP) is 3.12. The van der Waals surface area contributed by atoms with Crippen LogP contribution in [0.2, 0.25) is 5.02 Å². The van der Waals surface area contributed by atoms with Crippen molar-refractivity contribution in [3.63, 3.8) is 0 Å². The number of aryl methyl sites for hydroxylation is 1. The minimum Gasteiger partial charge on any atom is -0.316 e. The molecule has 0 aliphatic carbocycles. The first-order valence-electron chi connectivity index (χ1n) is 5.24. The Hall–Kier alpha value is -0.530. The fourth-order valence-corrected chi connectivity index (χ4v) is 2.35. The lowest BCUT2D eigenvalue weighted by Gasteiger charge is -2.24. The van der Waals surface area contributed by atoms with Gasteiger partial charge in [0, 0.05) is 11.6 Å². The highest BCUT2D eigenvalue weighted by molar-refractivity contribution is 6.30. The molecule has 0 aromatic heterocycles. The molecule has 1 heterocycles. The quantitative estimate of drug-likeness (QED) is 0.750. The van der Waals surface area contributed by atoms with Gasteiger partial charge in [-0.15, -0.1) is 0 Å². The van der Waals surface area contributed by atoms with E-state index >= 15 is 0 Å². The van der Waals surface area contributed by atoms with Crippen LogP contribution in [0.15, 0.2) is 18.2 Å². The van der Waals surface area contributed by atoms with Crippen molar-refractivity contribution >= 4 is 11.6 Å². The molecule has 2 heteroatoms. The van der Waals surface area contributed by atoms with Crippen LogP contribution in [0.3, 0.4) is 0 Å². The Morgan fingerprint density at radius 1 is 1.43 bits per heavy atom. The molecule has 1 fully saturated rings. The molecule has 1 aromatic carbocycles. The predicted molar refractivity (Wildman–Crippen MR) is 61.0 cm³/mol. The maximum absolute atomic E-state index is 6.02. The minimum atomic E-state index is 0.655. The molecule has 1 aliphatic rings. The second kappa shape index (κ2) is 4.33. The van der Waals surface area contributed by atoms with E-state index in [9.17, 15) is 0 Å². The van der Waals surface area contributed by atoms with E-state index in [0.717, 1.165) is 18.1 Å². The van der Waals surface area contributed by atoms with E-state index in [1.165, 1.54) is 24.0 Å². The normalized spacial score (nSPS) is 22.3. The summed E-state index contributed by atoms with van der Waals surface area (Å²) in [4.78, 5) is 0. The number of hydrogen-bond acceptors (Lipinski definition) is 1. The molecule has 1 saturated heterocycles. The molecule has 0 saturated carbocycles. The number of hydrogen-bond donors (Lipinski definition) is 1. The minimum absolute atomic E-state index is 0.655. The molecular weight excluding hydrogens is 194 g/mol. The smallest absolute Gasteiger partial charge is 0.0409 e. The third kappa shape index (κ3) is 2.10. The molecule has 1 aromatic rings. The third-order valence-electron chi connectivity index (χ3n) is 2.98. The van der Waals surface area contributed by atoms with E-state index in [2.05, 4.69) is 24.4 Å². The van der Waals surface area contributed by atoms with Crippen LogP contribution in [-0.2, 0) is 0 Å². The van der Waals surface area contributed by atoms with Crippen LogP contribution >= 0.6 is 11.6 Å². The van der Waals surface area contributed by atoms with Crippen molar-refractivity contribution in [1.82, 2.24) is 5.32 Å². The van der Waals surface area contributed by atoms with Gasteiger partial charge in [0.2, 0.25) is 0 Å². The zero-order chi connectivity index (χ0) is 9.97. The second-order valence-electron chi connectivity index (χ2n) is 4.04. The van der Waals surface area contributed by atoms with E-state index in [4.69, 9.17) is 11.6 Å². The molecule has 2 rings (SSSR count). The van der Waals surface area contributed by atoms with Gasteiger partial charge in [0.05, 0.1) is 0 Å². The lowest BCUT2D eigenvalue weighted by Crippen LogP contribution is -2.28. The van der Waals surface area contributed by atoms with Crippen LogP contribution in [-0.4, -0.2) is 13.1 Å². The summed E-state index contributed by atoms with van der Waals surface area (Å²) in [5.41, 5.74) is 2.78. The Morgan fingerprint density at radius 3 is 3.00 bits per heavy atom. The second-order valence-corrected chi connectivity index (χ2v) is 4.48. The van der Waals surface area contributed by atoms with Gasteiger partial charge in [-0.1, -0.05) is 17.7 Å². The highest BCUT2D eigenvalue weighted by atomic mass is 35.5. The molecule has 1 nitrogen and oxygen atoms in total. The van der Waals surface area contributed by atoms with Crippen molar-refractivity contribution in [2.75, 3.05) is 13.1 Å². The zero-order valence-corrected chi connectivity index (χ0v) is 9.27. The Bertz CT molecular complexity index is 316. The van der Waals surface area contributed by atoms with Crippen LogP contribution in [0.25, 0.3) is 0 Å². The van der Waals surface area contributed by atoms with Gasteiger partial charge in [-0.2, -0.15) is 0 Å². The van der Waals surface area contributed by atoms with Gasteiger partial charge in [-0.25, -0.2) is 0 Å². The van der Waals surface area contributed by atoms with Crippen LogP contribution in [0.5, 0.6) is 0 Å². The van der Waals surface area contributed by atoms with Crippen molar-refractivity contribution < 1.29 is 0 Å². The zero-order valence-electron chi connectivity index (χ0n) is 8.52. The Labute approximate surface area is 90.5 Å². The molecule has 0 radical (unpaired) electrons. The summed E-state index contributed by atoms with van der Waals surface area (Å²) in [6.07, 6.45) is 2.56. The van der Waals surface area contributed by atoms with Gasteiger partial charge in [-0.05, 0) is 55.5 Å². The molecule has 1 aliphatic heterocycles. The van der Waals surface area contributed by atoms with Crippen LogP contribution in [0, 0.1) is 6.92 Å². The van der Waals surface area contributed by atoms with Crippen molar-refractivity contribution in [3.8, 4) is 0 Å². The highest BCUT2D eigenvalue weighted by Gasteiger charge is 2.16. The average Bonchev–Trinajstić information content (AvgIpc) is 2.23. The number of piperidine rings is 1. The summed E-state index contributed by atoms with van der Waals surface area (Å²) in [5, 5.41) is 4.29. The maximum atomic E-state index is 6.02. The molecule has 1 unspecified atom stereocenters. The van der Waals surface area contributed by atoms with Gasteiger partial charge in [0.15, 0.2) is 0 Å². The molecule has 0 spiro atoms. The van der Waals surface area contributed by atoms with Crippen LogP contribution in [0.4, 0.5) is 0 Å². The average molecular weight is 210 g/mol. The number of benzene rings is 1. The topological polar surface area (TPSA) is 12.0 Å². The van der Waals surface area contributed by atoms with Crippen molar-refractivity contribution in [3.05, 3.63) is 34.3 Å². The standard InChI is InChI=1S/C12H16ClN/c1-9-4-5-11(13)7-12(9)10-3-2-6-14-8-10/h4-5,7,10,14H,2-3,6,8H2,1H3. The summed E-state index contributed by atoms with van der Waals surface area (Å²) in [5.74, 6) is 0.655. The van der Waals surface area contributed by atoms with E-state index in [1.807, 2.05) is 6.07 Å².